The van der Waals surface area contributed by atoms with Crippen molar-refractivity contribution in [3.63, 3.8) is 0 Å². The van der Waals surface area contributed by atoms with E-state index < -0.39 is 0 Å². The lowest BCUT2D eigenvalue weighted by Gasteiger charge is -2.16. The minimum atomic E-state index is -0.363. The smallest absolute Gasteiger partial charge is 0.282 e. The normalized spacial score (nSPS) is 14.0. The summed E-state index contributed by atoms with van der Waals surface area (Å²) in [6.07, 6.45) is 0. The average molecular weight is 404 g/mol. The number of rotatable bonds is 5. The maximum absolute atomic E-state index is 13.3. The first-order valence-electron chi connectivity index (χ1n) is 9.15. The summed E-state index contributed by atoms with van der Waals surface area (Å²) in [5.74, 6) is 0.0303. The minimum absolute atomic E-state index is 0.279. The molecule has 29 heavy (non-hydrogen) atoms. The number of thiophene rings is 1. The molecule has 1 aliphatic rings. The fourth-order valence-corrected chi connectivity index (χ4v) is 3.98. The molecule has 0 atom stereocenters. The van der Waals surface area contributed by atoms with Crippen molar-refractivity contribution in [3.05, 3.63) is 81.7 Å². The summed E-state index contributed by atoms with van der Waals surface area (Å²) in [7, 11) is 1.60. The van der Waals surface area contributed by atoms with Crippen LogP contribution in [0.5, 0.6) is 5.75 Å². The molecule has 0 aliphatic carbocycles. The van der Waals surface area contributed by atoms with Crippen LogP contribution in [-0.4, -0.2) is 18.9 Å². The van der Waals surface area contributed by atoms with Gasteiger partial charge in [0.15, 0.2) is 0 Å². The van der Waals surface area contributed by atoms with Crippen molar-refractivity contribution in [2.75, 3.05) is 17.3 Å². The summed E-state index contributed by atoms with van der Waals surface area (Å²) in [5, 5.41) is 5.05. The van der Waals surface area contributed by atoms with Gasteiger partial charge in [0.25, 0.3) is 11.8 Å². The summed E-state index contributed by atoms with van der Waals surface area (Å²) in [6.45, 7) is 3.96. The number of anilines is 2. The summed E-state index contributed by atoms with van der Waals surface area (Å²) >= 11 is 1.43. The molecule has 1 aromatic heterocycles. The summed E-state index contributed by atoms with van der Waals surface area (Å²) in [6, 6.07) is 16.5. The Labute approximate surface area is 173 Å². The Kier molecular flexibility index (Phi) is 4.94. The molecule has 3 aromatic rings. The summed E-state index contributed by atoms with van der Waals surface area (Å²) in [4.78, 5) is 28.6. The molecule has 6 heteroatoms. The van der Waals surface area contributed by atoms with Gasteiger partial charge in [-0.15, -0.1) is 11.3 Å². The number of imide groups is 1. The van der Waals surface area contributed by atoms with Gasteiger partial charge in [-0.05, 0) is 72.8 Å². The topological polar surface area (TPSA) is 58.6 Å². The van der Waals surface area contributed by atoms with E-state index >= 15 is 0 Å². The second-order valence-electron chi connectivity index (χ2n) is 6.80. The van der Waals surface area contributed by atoms with Gasteiger partial charge >= 0.3 is 0 Å². The van der Waals surface area contributed by atoms with Gasteiger partial charge in [-0.3, -0.25) is 9.59 Å². The van der Waals surface area contributed by atoms with Gasteiger partial charge in [0, 0.05) is 10.6 Å². The number of benzene rings is 2. The average Bonchev–Trinajstić information content (AvgIpc) is 3.32. The molecule has 2 heterocycles. The molecule has 0 fully saturated rings. The van der Waals surface area contributed by atoms with E-state index in [4.69, 9.17) is 4.74 Å². The fourth-order valence-electron chi connectivity index (χ4n) is 3.21. The third-order valence-electron chi connectivity index (χ3n) is 4.96. The predicted molar refractivity (Wildman–Crippen MR) is 116 cm³/mol. The van der Waals surface area contributed by atoms with Crippen LogP contribution in [0.4, 0.5) is 11.4 Å². The lowest BCUT2D eigenvalue weighted by molar-refractivity contribution is -0.120. The van der Waals surface area contributed by atoms with Gasteiger partial charge in [0.05, 0.1) is 18.4 Å². The minimum Gasteiger partial charge on any atom is -0.497 e. The third-order valence-corrected chi connectivity index (χ3v) is 5.85. The molecule has 0 bridgehead atoms. The van der Waals surface area contributed by atoms with Crippen LogP contribution in [0.1, 0.15) is 16.0 Å². The SMILES string of the molecule is COc1ccc(NC2=C(c3cccs3)C(=O)N(c3ccc(C)c(C)c3)C2=O)cc1. The molecule has 0 saturated heterocycles. The standard InChI is InChI=1S/C23H20N2O3S/c1-14-6-9-17(13-15(14)2)25-22(26)20(19-5-4-12-29-19)21(23(25)27)24-16-7-10-18(28-3)11-8-16/h4-13,24H,1-3H3. The molecule has 2 amide bonds. The van der Waals surface area contributed by atoms with Crippen LogP contribution in [-0.2, 0) is 9.59 Å². The molecule has 146 valence electrons. The van der Waals surface area contributed by atoms with Crippen molar-refractivity contribution in [2.24, 2.45) is 0 Å². The van der Waals surface area contributed by atoms with E-state index in [1.54, 1.807) is 25.3 Å². The highest BCUT2D eigenvalue weighted by atomic mass is 32.1. The summed E-state index contributed by atoms with van der Waals surface area (Å²) in [5.41, 5.74) is 4.08. The van der Waals surface area contributed by atoms with E-state index in [0.717, 1.165) is 16.0 Å². The van der Waals surface area contributed by atoms with Crippen LogP contribution in [0.25, 0.3) is 5.57 Å². The largest absolute Gasteiger partial charge is 0.497 e. The number of carbonyl (C=O) groups excluding carboxylic acids is 2. The zero-order valence-electron chi connectivity index (χ0n) is 16.4. The first kappa shape index (κ1) is 19.0. The molecule has 2 aromatic carbocycles. The number of methoxy groups -OCH3 is 1. The van der Waals surface area contributed by atoms with E-state index in [1.807, 2.05) is 55.6 Å². The lowest BCUT2D eigenvalue weighted by atomic mass is 10.1. The number of hydrogen-bond acceptors (Lipinski definition) is 5. The second-order valence-corrected chi connectivity index (χ2v) is 7.74. The molecule has 1 N–H and O–H groups in total. The molecular weight excluding hydrogens is 384 g/mol. The molecule has 0 radical (unpaired) electrons. The van der Waals surface area contributed by atoms with Gasteiger partial charge in [-0.25, -0.2) is 4.90 Å². The highest BCUT2D eigenvalue weighted by Crippen LogP contribution is 2.36. The molecule has 5 nitrogen and oxygen atoms in total. The van der Waals surface area contributed by atoms with Crippen molar-refractivity contribution in [2.45, 2.75) is 13.8 Å². The van der Waals surface area contributed by atoms with Crippen LogP contribution < -0.4 is 15.0 Å². The Morgan fingerprint density at radius 1 is 0.931 bits per heavy atom. The van der Waals surface area contributed by atoms with Crippen molar-refractivity contribution in [1.82, 2.24) is 0 Å². The zero-order chi connectivity index (χ0) is 20.5. The Bertz CT molecular complexity index is 1120. The van der Waals surface area contributed by atoms with Crippen molar-refractivity contribution < 1.29 is 14.3 Å². The number of carbonyl (C=O) groups is 2. The van der Waals surface area contributed by atoms with Gasteiger partial charge in [0.1, 0.15) is 11.4 Å². The Morgan fingerprint density at radius 2 is 1.69 bits per heavy atom. The Morgan fingerprint density at radius 3 is 2.31 bits per heavy atom. The lowest BCUT2D eigenvalue weighted by Crippen LogP contribution is -2.32. The van der Waals surface area contributed by atoms with Crippen LogP contribution in [0.2, 0.25) is 0 Å². The van der Waals surface area contributed by atoms with E-state index in [2.05, 4.69) is 5.32 Å². The molecule has 1 aliphatic heterocycles. The van der Waals surface area contributed by atoms with E-state index in [-0.39, 0.29) is 17.5 Å². The van der Waals surface area contributed by atoms with Crippen molar-refractivity contribution in [1.29, 1.82) is 0 Å². The van der Waals surface area contributed by atoms with Crippen LogP contribution in [0.15, 0.2) is 65.7 Å². The molecule has 0 unspecified atom stereocenters. The highest BCUT2D eigenvalue weighted by molar-refractivity contribution is 7.11. The Balaban J connectivity index is 1.76. The van der Waals surface area contributed by atoms with E-state index in [9.17, 15) is 9.59 Å². The maximum atomic E-state index is 13.3. The first-order valence-corrected chi connectivity index (χ1v) is 10.0. The number of hydrogen-bond donors (Lipinski definition) is 1. The second kappa shape index (κ2) is 7.56. The van der Waals surface area contributed by atoms with Crippen LogP contribution >= 0.6 is 11.3 Å². The van der Waals surface area contributed by atoms with Crippen molar-refractivity contribution in [3.8, 4) is 5.75 Å². The third kappa shape index (κ3) is 3.43. The summed E-state index contributed by atoms with van der Waals surface area (Å²) < 4.78 is 5.19. The highest BCUT2D eigenvalue weighted by Gasteiger charge is 2.40. The predicted octanol–water partition coefficient (Wildman–Crippen LogP) is 4.77. The number of nitrogens with one attached hydrogen (secondary N) is 1. The first-order chi connectivity index (χ1) is 14.0. The molecular formula is C23H20N2O3S. The fraction of sp³-hybridized carbons (Fsp3) is 0.130. The van der Waals surface area contributed by atoms with Gasteiger partial charge in [-0.1, -0.05) is 12.1 Å². The maximum Gasteiger partial charge on any atom is 0.282 e. The zero-order valence-corrected chi connectivity index (χ0v) is 17.2. The molecule has 0 saturated carbocycles. The molecule has 0 spiro atoms. The monoisotopic (exact) mass is 404 g/mol. The number of amides is 2. The van der Waals surface area contributed by atoms with Crippen molar-refractivity contribution >= 4 is 40.1 Å². The van der Waals surface area contributed by atoms with Gasteiger partial charge in [0.2, 0.25) is 0 Å². The quantitative estimate of drug-likeness (QED) is 0.623. The van der Waals surface area contributed by atoms with E-state index in [1.165, 1.54) is 16.2 Å². The number of ether oxygens (including phenoxy) is 1. The van der Waals surface area contributed by atoms with E-state index in [0.29, 0.717) is 22.7 Å². The Hall–Kier alpha value is -3.38. The van der Waals surface area contributed by atoms with Gasteiger partial charge in [-0.2, -0.15) is 0 Å². The van der Waals surface area contributed by atoms with Crippen LogP contribution in [0, 0.1) is 13.8 Å². The van der Waals surface area contributed by atoms with Crippen LogP contribution in [0.3, 0.4) is 0 Å². The van der Waals surface area contributed by atoms with Gasteiger partial charge < -0.3 is 10.1 Å². The number of nitrogens with zero attached hydrogens (tertiary/aromatic N) is 1. The number of aryl methyl sites for hydroxylation is 2. The molecule has 4 rings (SSSR count).